The third-order valence-electron chi connectivity index (χ3n) is 43.1. The van der Waals surface area contributed by atoms with Gasteiger partial charge >= 0.3 is 29.8 Å². The van der Waals surface area contributed by atoms with Crippen molar-refractivity contribution in [3.8, 4) is 0 Å². The number of carbonyl (C=O) groups is 4. The fourth-order valence-corrected chi connectivity index (χ4v) is 41.2. The van der Waals surface area contributed by atoms with Gasteiger partial charge in [-0.2, -0.15) is 26.0 Å². The summed E-state index contributed by atoms with van der Waals surface area (Å²) in [7, 11) is -3.32. The van der Waals surface area contributed by atoms with Gasteiger partial charge in [-0.3, -0.25) is 23.4 Å². The average Bonchev–Trinajstić information content (AvgIpc) is 1.69. The molecule has 7 heterocycles. The molecule has 1 spiro atoms. The average molecular weight is 1950 g/mol. The Bertz CT molecular complexity index is 4410. The van der Waals surface area contributed by atoms with Crippen molar-refractivity contribution in [1.82, 2.24) is 0 Å². The molecule has 0 aromatic heterocycles. The van der Waals surface area contributed by atoms with E-state index in [9.17, 15) is 106 Å². The zero-order valence-corrected chi connectivity index (χ0v) is 81.4. The van der Waals surface area contributed by atoms with Crippen molar-refractivity contribution in [2.45, 2.75) is 451 Å². The van der Waals surface area contributed by atoms with Crippen molar-refractivity contribution in [2.24, 2.45) is 165 Å². The van der Waals surface area contributed by atoms with Crippen molar-refractivity contribution in [2.75, 3.05) is 19.8 Å². The monoisotopic (exact) mass is 1950 g/mol. The lowest BCUT2D eigenvalue weighted by Crippen LogP contribution is -2.65. The Kier molecular flexibility index (Phi) is 25.7. The molecule has 40 fully saturated rings. The summed E-state index contributed by atoms with van der Waals surface area (Å²) in [5.74, 6) is 2.51. The normalized spacial score (nSPS) is 55.2. The van der Waals surface area contributed by atoms with Gasteiger partial charge in [0.25, 0.3) is 10.1 Å². The van der Waals surface area contributed by atoms with Gasteiger partial charge in [0, 0.05) is 55.0 Å². The highest BCUT2D eigenvalue weighted by molar-refractivity contribution is 7.87. The number of ether oxygens (including phenoxy) is 5. The van der Waals surface area contributed by atoms with Gasteiger partial charge in [-0.25, -0.2) is 0 Å². The van der Waals surface area contributed by atoms with E-state index in [1.165, 1.54) is 96.3 Å². The minimum Gasteiger partial charge on any atom is -0.462 e. The van der Waals surface area contributed by atoms with Crippen LogP contribution in [0.4, 0.5) is 17.6 Å². The van der Waals surface area contributed by atoms with Gasteiger partial charge < -0.3 is 90.1 Å². The molecule has 40 aliphatic rings. The van der Waals surface area contributed by atoms with Crippen LogP contribution in [0.2, 0.25) is 0 Å². The first kappa shape index (κ1) is 98.8. The van der Waals surface area contributed by atoms with Crippen LogP contribution in [0.3, 0.4) is 0 Å². The molecule has 25 atom stereocenters. The molecule has 0 amide bonds. The summed E-state index contributed by atoms with van der Waals surface area (Å²) < 4.78 is 108. The Morgan fingerprint density at radius 3 is 1.24 bits per heavy atom. The number of fused-ring (bicyclic) bond motifs is 4. The van der Waals surface area contributed by atoms with Crippen LogP contribution in [0, 0.1) is 165 Å². The Labute approximate surface area is 804 Å². The topological polar surface area (TPSA) is 421 Å². The van der Waals surface area contributed by atoms with Crippen molar-refractivity contribution < 1.29 is 139 Å². The second-order valence-electron chi connectivity index (χ2n) is 54.0. The molecule has 33 aliphatic carbocycles. The van der Waals surface area contributed by atoms with Crippen LogP contribution in [-0.2, 0) is 57.2 Å². The molecular weight excluding hydrogens is 1790 g/mol. The lowest BCUT2D eigenvalue weighted by atomic mass is 9.48. The molecule has 13 N–H and O–H groups in total. The fraction of sp³-hybridized carbons (Fsp3) is 0.963. The van der Waals surface area contributed by atoms with Crippen LogP contribution < -0.4 is 0 Å². The first-order valence-corrected chi connectivity index (χ1v) is 56.3. The number of rotatable bonds is 1. The molecule has 25 nitrogen and oxygen atoms in total. The molecule has 33 saturated carbocycles. The van der Waals surface area contributed by atoms with E-state index in [2.05, 4.69) is 6.92 Å². The summed E-state index contributed by atoms with van der Waals surface area (Å²) in [6.07, 6.45) is 49.3. The predicted octanol–water partition coefficient (Wildman–Crippen LogP) is 12.5. The Morgan fingerprint density at radius 2 is 0.766 bits per heavy atom. The lowest BCUT2D eigenvalue weighted by molar-refractivity contribution is -0.354. The van der Waals surface area contributed by atoms with Crippen LogP contribution >= 0.6 is 0 Å². The summed E-state index contributed by atoms with van der Waals surface area (Å²) in [4.78, 5) is 45.7. The van der Waals surface area contributed by atoms with Gasteiger partial charge in [-0.1, -0.05) is 19.3 Å². The molecule has 772 valence electrons. The van der Waals surface area contributed by atoms with Crippen molar-refractivity contribution in [3.63, 3.8) is 0 Å². The maximum atomic E-state index is 13.5. The van der Waals surface area contributed by atoms with E-state index in [1.54, 1.807) is 0 Å². The van der Waals surface area contributed by atoms with E-state index in [0.29, 0.717) is 147 Å². The molecule has 30 heteroatoms. The van der Waals surface area contributed by atoms with Crippen molar-refractivity contribution in [1.29, 1.82) is 0 Å². The highest BCUT2D eigenvalue weighted by Gasteiger charge is 2.71. The molecule has 40 rings (SSSR count). The van der Waals surface area contributed by atoms with E-state index < -0.39 is 86.8 Å². The SMILES string of the molecule is CC1(O)C2CC3CC(C2)CC1C3.O=C1C2CC3CC1CC(O)(C3)C2.O=C1OC2C(O)C3CC1C2C3.O=C1OC2CC3CC1CC(C3)C2O.O=C1OC2CC3CC1CC(O)(C3)C2.O=S1(=O)OC2C(O)C3CC2C1C3.OC12CC3CC(C1)C1(OCC(F)(F)C(F)(F)CO1)C(C3)C2.OC12CC3CC(C1)CC(O)(C3)C2.OC12CC3CC(CC(C3)C1)C2.OC1CCCCC1.OCC12CC3CC(CC(O)(C3)C1)C2. The number of hydrogen-bond donors (Lipinski definition) is 13. The maximum Gasteiger partial charge on any atom is 0.335 e. The van der Waals surface area contributed by atoms with Crippen LogP contribution in [0.1, 0.15) is 334 Å². The zero-order chi connectivity index (χ0) is 96.0. The number of Topliss-reactive ketones (excluding diaryl/α,β-unsaturated/α-hetero) is 1. The highest BCUT2D eigenvalue weighted by atomic mass is 32.2. The number of aliphatic hydroxyl groups is 13. The van der Waals surface area contributed by atoms with Gasteiger partial charge in [-0.05, 0) is 414 Å². The van der Waals surface area contributed by atoms with E-state index in [1.807, 2.05) is 0 Å². The third-order valence-corrected chi connectivity index (χ3v) is 44.9. The minimum atomic E-state index is -4.22. The van der Waals surface area contributed by atoms with E-state index in [-0.39, 0.29) is 130 Å². The zero-order valence-electron chi connectivity index (χ0n) is 80.6. The fourth-order valence-electron chi connectivity index (χ4n) is 39.3. The Balaban J connectivity index is 0.0000000878. The summed E-state index contributed by atoms with van der Waals surface area (Å²) in [6.45, 7) is -0.269. The molecule has 36 bridgehead atoms. The van der Waals surface area contributed by atoms with Crippen LogP contribution in [0.5, 0.6) is 0 Å². The largest absolute Gasteiger partial charge is 0.462 e. The summed E-state index contributed by atoms with van der Waals surface area (Å²) in [5.41, 5.74) is -3.58. The number of alkyl halides is 4. The third kappa shape index (κ3) is 19.1. The van der Waals surface area contributed by atoms with Gasteiger partial charge in [0.05, 0.1) is 92.2 Å². The molecule has 0 aromatic rings. The van der Waals surface area contributed by atoms with E-state index in [0.717, 1.165) is 203 Å². The molecule has 0 radical (unpaired) electrons. The number of halogens is 4. The van der Waals surface area contributed by atoms with Crippen LogP contribution in [0.15, 0.2) is 0 Å². The number of carbonyl (C=O) groups excluding carboxylic acids is 4. The molecular formula is C107H160F4O25S. The molecule has 7 saturated heterocycles. The molecule has 137 heavy (non-hydrogen) atoms. The van der Waals surface area contributed by atoms with Gasteiger partial charge in [0.15, 0.2) is 5.79 Å². The second kappa shape index (κ2) is 35.7. The number of ketones is 1. The Hall–Kier alpha value is -2.89. The van der Waals surface area contributed by atoms with Crippen LogP contribution in [0.25, 0.3) is 0 Å². The van der Waals surface area contributed by atoms with E-state index in [4.69, 9.17) is 33.0 Å². The highest BCUT2D eigenvalue weighted by Crippen LogP contribution is 2.67. The quantitative estimate of drug-likeness (QED) is 0.0502. The van der Waals surface area contributed by atoms with Gasteiger partial charge in [0.2, 0.25) is 0 Å². The molecule has 7 aliphatic heterocycles. The first-order valence-electron chi connectivity index (χ1n) is 54.8. The van der Waals surface area contributed by atoms with Gasteiger partial charge in [-0.15, -0.1) is 0 Å². The minimum absolute atomic E-state index is 0.00347. The maximum absolute atomic E-state index is 13.5. The second-order valence-corrected chi connectivity index (χ2v) is 55.8. The Morgan fingerprint density at radius 1 is 0.350 bits per heavy atom. The summed E-state index contributed by atoms with van der Waals surface area (Å²) in [6, 6.07) is 0. The van der Waals surface area contributed by atoms with Crippen molar-refractivity contribution in [3.05, 3.63) is 0 Å². The van der Waals surface area contributed by atoms with Gasteiger partial charge in [0.1, 0.15) is 43.4 Å². The number of aliphatic hydroxyl groups excluding tert-OH is 5. The van der Waals surface area contributed by atoms with Crippen molar-refractivity contribution >= 4 is 33.8 Å². The molecule has 25 unspecified atom stereocenters. The smallest absolute Gasteiger partial charge is 0.335 e. The number of hydrogen-bond acceptors (Lipinski definition) is 25. The number of esters is 3. The summed E-state index contributed by atoms with van der Waals surface area (Å²) >= 11 is 0. The van der Waals surface area contributed by atoms with Crippen LogP contribution in [-0.4, -0.2) is 235 Å². The summed E-state index contributed by atoms with van der Waals surface area (Å²) in [5, 5.41) is 129. The van der Waals surface area contributed by atoms with E-state index >= 15 is 0 Å². The standard InChI is InChI=1S/C14H18F4O3.C11H18O2.C11H18O.2C10H14O3.C10H16O2.C10H14O2.C10H16O.C8H10O3.C7H10O4S.C6H12O/c15-12(16)6-20-14(21-7-13(12,17)18)9-1-8-2-10(14)5-11(19,3-8)4-9;12-7-10-2-8-1-9(3-10)5-11(13,4-8)6-10;1-11(12)9-3-7-2-8(5-9)6-10(11)4-7;11-9-7-1-6-2-8(13-9)5-10(12,3-6)4-7;11-9-6-1-5-2-7(4-6)10(12)13-8(9)3-5;11-9-2-7-1-8(4-9)5-10(12,3-7)6-9;11-9-7-1-6-2-8(9)5-10(12,3-6)4-7;11-10-4-7-1-8(5-10)3-9(2-7)6-10;9-6-3-1-4-5(2-3)8(10)11-7(4)6;8-6-3-1-4-5(2-3)12(9,10)11-7(4)6;7-6-4-2-1-3-5-6/h8-10,19H,1-7H2;8-9,12-13H,1-7H2;7-10,12H,2-6H2,1H3;6-8,12H,1-5H2;5-9,11H,1-4H2;7-8,11-12H,1-6H2;6-8,12H,1-5H2;7-9,11H,1-6H2;3-7,9H,1-2H2;3-8H,1-2H2;6-7H,1-5H2. The predicted molar refractivity (Wildman–Crippen MR) is 485 cm³/mol. The molecule has 0 aromatic carbocycles. The first-order chi connectivity index (χ1) is 64.6. The lowest BCUT2D eigenvalue weighted by Gasteiger charge is -2.62.